The first-order valence-electron chi connectivity index (χ1n) is 11.3. The maximum atomic E-state index is 14.1. The number of aromatic nitrogens is 4. The van der Waals surface area contributed by atoms with Crippen LogP contribution in [0.1, 0.15) is 11.4 Å². The summed E-state index contributed by atoms with van der Waals surface area (Å²) in [6.07, 6.45) is -5.00. The lowest BCUT2D eigenvalue weighted by atomic mass is 10.1. The molecule has 1 N–H and O–H groups in total. The molecule has 0 aliphatic carbocycles. The molecular weight excluding hydrogens is 493 g/mol. The molecule has 1 aliphatic rings. The van der Waals surface area contributed by atoms with E-state index in [0.717, 1.165) is 4.52 Å². The van der Waals surface area contributed by atoms with Crippen molar-refractivity contribution >= 4 is 16.7 Å². The molecule has 37 heavy (non-hydrogen) atoms. The van der Waals surface area contributed by atoms with Crippen LogP contribution in [-0.4, -0.2) is 46.0 Å². The Labute approximate surface area is 206 Å². The molecule has 1 fully saturated rings. The fraction of sp³-hybridized carbons (Fsp3) is 0.240. The van der Waals surface area contributed by atoms with E-state index in [9.17, 15) is 18.0 Å². The number of alkyl halides is 3. The molecule has 0 spiro atoms. The van der Waals surface area contributed by atoms with Crippen molar-refractivity contribution < 1.29 is 31.8 Å². The van der Waals surface area contributed by atoms with Gasteiger partial charge in [0.25, 0.3) is 5.56 Å². The summed E-state index contributed by atoms with van der Waals surface area (Å²) in [7, 11) is 1.47. The molecule has 1 aliphatic heterocycles. The Morgan fingerprint density at radius 2 is 1.86 bits per heavy atom. The van der Waals surface area contributed by atoms with E-state index in [1.807, 2.05) is 0 Å². The van der Waals surface area contributed by atoms with E-state index in [1.165, 1.54) is 19.2 Å². The van der Waals surface area contributed by atoms with Crippen LogP contribution in [0.5, 0.6) is 5.75 Å². The quantitative estimate of drug-likeness (QED) is 0.359. The van der Waals surface area contributed by atoms with Gasteiger partial charge in [-0.15, -0.1) is 0 Å². The summed E-state index contributed by atoms with van der Waals surface area (Å²) in [5.41, 5.74) is -1.43. The molecule has 5 aromatic rings. The molecule has 6 rings (SSSR count). The van der Waals surface area contributed by atoms with Crippen LogP contribution in [0.4, 0.5) is 13.2 Å². The molecule has 9 nitrogen and oxygen atoms in total. The maximum Gasteiger partial charge on any atom is 0.433 e. The standard InChI is InChI=1S/C25H19F3N4O5/c1-34-16-8-5-9-17-20(16)30-23(37-17)19-15(12-36-14-10-35-11-14)29-22-18(13-6-3-2-4-7-13)21(25(26,27)28)31-32(22)24(19)33/h2-9,14,31H,10-12H2,1H3. The monoisotopic (exact) mass is 512 g/mol. The number of hydrogen-bond donors (Lipinski definition) is 1. The van der Waals surface area contributed by atoms with Crippen molar-refractivity contribution in [3.8, 4) is 28.3 Å². The second kappa shape index (κ2) is 8.75. The SMILES string of the molecule is COc1cccc2oc(-c3c(COC4COC4)nc4c(-c5ccccc5)c(C(F)(F)F)[nH]n4c3=O)nc12. The first-order valence-corrected chi connectivity index (χ1v) is 11.3. The molecule has 0 unspecified atom stereocenters. The highest BCUT2D eigenvalue weighted by molar-refractivity contribution is 5.84. The number of methoxy groups -OCH3 is 1. The fourth-order valence-corrected chi connectivity index (χ4v) is 4.22. The summed E-state index contributed by atoms with van der Waals surface area (Å²) in [5.74, 6) is 0.302. The lowest BCUT2D eigenvalue weighted by molar-refractivity contribution is -0.140. The molecule has 4 heterocycles. The minimum Gasteiger partial charge on any atom is -0.494 e. The number of nitrogens with one attached hydrogen (secondary N) is 1. The van der Waals surface area contributed by atoms with E-state index in [1.54, 1.807) is 36.4 Å². The molecule has 0 amide bonds. The second-order valence-corrected chi connectivity index (χ2v) is 8.42. The highest BCUT2D eigenvalue weighted by Gasteiger charge is 2.39. The van der Waals surface area contributed by atoms with Crippen LogP contribution in [0.3, 0.4) is 0 Å². The van der Waals surface area contributed by atoms with Gasteiger partial charge in [0, 0.05) is 0 Å². The number of oxazole rings is 1. The van der Waals surface area contributed by atoms with Gasteiger partial charge in [0.15, 0.2) is 16.7 Å². The van der Waals surface area contributed by atoms with E-state index in [4.69, 9.17) is 18.6 Å². The third kappa shape index (κ3) is 3.94. The van der Waals surface area contributed by atoms with Crippen molar-refractivity contribution in [3.63, 3.8) is 0 Å². The van der Waals surface area contributed by atoms with Crippen LogP contribution in [0.25, 0.3) is 39.3 Å². The highest BCUT2D eigenvalue weighted by Crippen LogP contribution is 2.39. The van der Waals surface area contributed by atoms with E-state index in [2.05, 4.69) is 15.1 Å². The predicted octanol–water partition coefficient (Wildman–Crippen LogP) is 4.44. The van der Waals surface area contributed by atoms with Crippen molar-refractivity contribution in [1.29, 1.82) is 0 Å². The molecule has 1 saturated heterocycles. The summed E-state index contributed by atoms with van der Waals surface area (Å²) in [6.45, 7) is 0.578. The van der Waals surface area contributed by atoms with E-state index >= 15 is 0 Å². The number of hydrogen-bond acceptors (Lipinski definition) is 7. The minimum atomic E-state index is -4.78. The Balaban J connectivity index is 1.63. The van der Waals surface area contributed by atoms with Crippen LogP contribution < -0.4 is 10.3 Å². The molecule has 190 valence electrons. The van der Waals surface area contributed by atoms with Gasteiger partial charge in [-0.3, -0.25) is 9.89 Å². The van der Waals surface area contributed by atoms with Crippen LogP contribution in [0.2, 0.25) is 0 Å². The van der Waals surface area contributed by atoms with E-state index < -0.39 is 17.4 Å². The van der Waals surface area contributed by atoms with Gasteiger partial charge >= 0.3 is 6.18 Å². The molecule has 0 atom stereocenters. The number of aromatic amines is 1. The number of para-hydroxylation sites is 1. The Kier molecular flexibility index (Phi) is 5.50. The Hall–Kier alpha value is -4.16. The Morgan fingerprint density at radius 3 is 2.54 bits per heavy atom. The lowest BCUT2D eigenvalue weighted by Gasteiger charge is -2.25. The fourth-order valence-electron chi connectivity index (χ4n) is 4.22. The van der Waals surface area contributed by atoms with Gasteiger partial charge in [-0.1, -0.05) is 36.4 Å². The summed E-state index contributed by atoms with van der Waals surface area (Å²) in [5, 5.41) is 2.21. The van der Waals surface area contributed by atoms with Crippen molar-refractivity contribution in [3.05, 3.63) is 70.3 Å². The van der Waals surface area contributed by atoms with Gasteiger partial charge in [-0.05, 0) is 17.7 Å². The van der Waals surface area contributed by atoms with Gasteiger partial charge < -0.3 is 18.6 Å². The molecular formula is C25H19F3N4O5. The minimum absolute atomic E-state index is 0.0901. The number of fused-ring (bicyclic) bond motifs is 2. The van der Waals surface area contributed by atoms with Gasteiger partial charge in [0.2, 0.25) is 5.89 Å². The average Bonchev–Trinajstić information content (AvgIpc) is 3.45. The van der Waals surface area contributed by atoms with Crippen molar-refractivity contribution in [2.24, 2.45) is 0 Å². The first-order chi connectivity index (χ1) is 17.8. The van der Waals surface area contributed by atoms with Gasteiger partial charge in [0.05, 0.1) is 38.2 Å². The Morgan fingerprint density at radius 1 is 1.08 bits per heavy atom. The largest absolute Gasteiger partial charge is 0.494 e. The summed E-state index contributed by atoms with van der Waals surface area (Å²) in [6, 6.07) is 13.0. The third-order valence-corrected chi connectivity index (χ3v) is 6.08. The Bertz CT molecular complexity index is 1670. The normalized spacial score (nSPS) is 14.4. The topological polar surface area (TPSA) is 104 Å². The van der Waals surface area contributed by atoms with Crippen molar-refractivity contribution in [2.75, 3.05) is 20.3 Å². The highest BCUT2D eigenvalue weighted by atomic mass is 19.4. The molecule has 3 aromatic heterocycles. The summed E-state index contributed by atoms with van der Waals surface area (Å²) in [4.78, 5) is 22.7. The lowest BCUT2D eigenvalue weighted by Crippen LogP contribution is -2.36. The number of halogens is 3. The van der Waals surface area contributed by atoms with Gasteiger partial charge in [-0.25, -0.2) is 9.97 Å². The molecule has 2 aromatic carbocycles. The molecule has 0 radical (unpaired) electrons. The smallest absolute Gasteiger partial charge is 0.433 e. The van der Waals surface area contributed by atoms with E-state index in [-0.39, 0.29) is 46.6 Å². The zero-order valence-corrected chi connectivity index (χ0v) is 19.3. The number of benzene rings is 2. The number of rotatable bonds is 6. The van der Waals surface area contributed by atoms with Crippen LogP contribution in [0.15, 0.2) is 57.7 Å². The zero-order chi connectivity index (χ0) is 25.7. The van der Waals surface area contributed by atoms with Gasteiger partial charge in [-0.2, -0.15) is 17.7 Å². The summed E-state index contributed by atoms with van der Waals surface area (Å²) >= 11 is 0. The molecule has 0 bridgehead atoms. The zero-order valence-electron chi connectivity index (χ0n) is 19.3. The average molecular weight is 512 g/mol. The van der Waals surface area contributed by atoms with Crippen molar-refractivity contribution in [1.82, 2.24) is 19.6 Å². The number of ether oxygens (including phenoxy) is 3. The predicted molar refractivity (Wildman–Crippen MR) is 125 cm³/mol. The van der Waals surface area contributed by atoms with Crippen molar-refractivity contribution in [2.45, 2.75) is 18.9 Å². The van der Waals surface area contributed by atoms with E-state index in [0.29, 0.717) is 30.1 Å². The number of nitrogens with zero attached hydrogens (tertiary/aromatic N) is 3. The summed E-state index contributed by atoms with van der Waals surface area (Å²) < 4.78 is 65.2. The second-order valence-electron chi connectivity index (χ2n) is 8.42. The van der Waals surface area contributed by atoms with Crippen LogP contribution in [-0.2, 0) is 22.3 Å². The van der Waals surface area contributed by atoms with Crippen LogP contribution >= 0.6 is 0 Å². The first kappa shape index (κ1) is 23.3. The van der Waals surface area contributed by atoms with Crippen LogP contribution in [0, 0.1) is 0 Å². The van der Waals surface area contributed by atoms with Gasteiger partial charge in [0.1, 0.15) is 23.1 Å². The number of H-pyrrole nitrogens is 1. The third-order valence-electron chi connectivity index (χ3n) is 6.08. The molecule has 12 heteroatoms. The maximum absolute atomic E-state index is 14.1. The molecule has 0 saturated carbocycles.